The number of rotatable bonds is 11. The molecule has 2 heterocycles. The van der Waals surface area contributed by atoms with Gasteiger partial charge in [-0.3, -0.25) is 9.69 Å². The Morgan fingerprint density at radius 1 is 1.11 bits per heavy atom. The van der Waals surface area contributed by atoms with E-state index in [0.29, 0.717) is 38.5 Å². The highest BCUT2D eigenvalue weighted by Crippen LogP contribution is 2.21. The van der Waals surface area contributed by atoms with Gasteiger partial charge in [-0.25, -0.2) is 9.37 Å². The number of hydrogen-bond acceptors (Lipinski definition) is 6. The van der Waals surface area contributed by atoms with E-state index < -0.39 is 5.60 Å². The lowest BCUT2D eigenvalue weighted by molar-refractivity contribution is -0.132. The second-order valence-electron chi connectivity index (χ2n) is 9.86. The molecule has 0 spiro atoms. The van der Waals surface area contributed by atoms with Gasteiger partial charge in [0.1, 0.15) is 35.3 Å². The van der Waals surface area contributed by atoms with Gasteiger partial charge in [0.25, 0.3) is 0 Å². The summed E-state index contributed by atoms with van der Waals surface area (Å²) in [6, 6.07) is 13.7. The fourth-order valence-corrected chi connectivity index (χ4v) is 4.76. The first-order chi connectivity index (χ1) is 18.3. The van der Waals surface area contributed by atoms with Crippen LogP contribution in [0, 0.1) is 5.82 Å². The van der Waals surface area contributed by atoms with Crippen LogP contribution in [0.1, 0.15) is 31.7 Å². The van der Waals surface area contributed by atoms with Crippen molar-refractivity contribution in [2.75, 3.05) is 39.4 Å². The number of aromatic nitrogens is 2. The topological polar surface area (TPSA) is 80.1 Å². The summed E-state index contributed by atoms with van der Waals surface area (Å²) >= 11 is 0. The molecule has 2 aromatic carbocycles. The Labute approximate surface area is 223 Å². The van der Waals surface area contributed by atoms with Crippen LogP contribution in [-0.4, -0.2) is 75.4 Å². The van der Waals surface area contributed by atoms with Crippen molar-refractivity contribution in [1.29, 1.82) is 0 Å². The molecular formula is C29H37FN4O4. The smallest absolute Gasteiger partial charge is 0.219 e. The van der Waals surface area contributed by atoms with Gasteiger partial charge in [0.15, 0.2) is 0 Å². The summed E-state index contributed by atoms with van der Waals surface area (Å²) < 4.78 is 27.2. The van der Waals surface area contributed by atoms with Gasteiger partial charge in [-0.2, -0.15) is 0 Å². The average molecular weight is 525 g/mol. The quantitative estimate of drug-likeness (QED) is 0.387. The van der Waals surface area contributed by atoms with E-state index >= 15 is 0 Å². The molecule has 3 aromatic rings. The minimum atomic E-state index is -1.28. The molecular weight excluding hydrogens is 487 g/mol. The third-order valence-corrected chi connectivity index (χ3v) is 6.69. The van der Waals surface area contributed by atoms with Crippen LogP contribution in [0.4, 0.5) is 4.39 Å². The van der Waals surface area contributed by atoms with Gasteiger partial charge >= 0.3 is 0 Å². The number of ether oxygens (including phenoxy) is 2. The second-order valence-corrected chi connectivity index (χ2v) is 9.86. The molecule has 0 radical (unpaired) electrons. The van der Waals surface area contributed by atoms with E-state index in [2.05, 4.69) is 21.4 Å². The van der Waals surface area contributed by atoms with Crippen LogP contribution >= 0.6 is 0 Å². The standard InChI is InChI=1S/C29H37FN4O4/c1-3-28-31-12-14-33(28)13-5-17-37-27-7-4-6-24(18-27)19-32-15-16-34(23(2)35)21-29(36,20-32)22-38-26-10-8-25(30)9-11-26/h4,6-12,14,18,36H,3,5,13,15-17,19-22H2,1-2H3. The van der Waals surface area contributed by atoms with Crippen molar-refractivity contribution in [2.45, 2.75) is 45.4 Å². The Hall–Kier alpha value is -3.43. The van der Waals surface area contributed by atoms with E-state index in [1.165, 1.54) is 31.2 Å². The van der Waals surface area contributed by atoms with Crippen molar-refractivity contribution in [3.63, 3.8) is 0 Å². The predicted octanol–water partition coefficient (Wildman–Crippen LogP) is 3.53. The fraction of sp³-hybridized carbons (Fsp3) is 0.448. The molecule has 4 rings (SSSR count). The van der Waals surface area contributed by atoms with Crippen LogP contribution < -0.4 is 9.47 Å². The molecule has 9 heteroatoms. The first kappa shape index (κ1) is 27.6. The van der Waals surface area contributed by atoms with Crippen molar-refractivity contribution in [2.24, 2.45) is 0 Å². The van der Waals surface area contributed by atoms with E-state index in [0.717, 1.165) is 36.5 Å². The number of aryl methyl sites for hydroxylation is 2. The molecule has 8 nitrogen and oxygen atoms in total. The zero-order chi connectivity index (χ0) is 27.0. The van der Waals surface area contributed by atoms with Crippen molar-refractivity contribution in [1.82, 2.24) is 19.4 Å². The minimum absolute atomic E-state index is 0.0152. The maximum Gasteiger partial charge on any atom is 0.219 e. The Bertz CT molecular complexity index is 1190. The lowest BCUT2D eigenvalue weighted by atomic mass is 10.0. The fourth-order valence-electron chi connectivity index (χ4n) is 4.76. The normalized spacial score (nSPS) is 18.3. The molecule has 204 valence electrons. The lowest BCUT2D eigenvalue weighted by Gasteiger charge is -2.32. The zero-order valence-electron chi connectivity index (χ0n) is 22.2. The molecule has 0 bridgehead atoms. The Balaban J connectivity index is 1.35. The van der Waals surface area contributed by atoms with Gasteiger partial charge in [-0.1, -0.05) is 19.1 Å². The molecule has 1 amide bonds. The summed E-state index contributed by atoms with van der Waals surface area (Å²) in [5.41, 5.74) is -0.224. The van der Waals surface area contributed by atoms with E-state index in [-0.39, 0.29) is 24.9 Å². The van der Waals surface area contributed by atoms with Gasteiger partial charge in [0.2, 0.25) is 5.91 Å². The molecule has 1 aromatic heterocycles. The zero-order valence-corrected chi connectivity index (χ0v) is 22.2. The van der Waals surface area contributed by atoms with Gasteiger partial charge < -0.3 is 24.0 Å². The molecule has 1 saturated heterocycles. The minimum Gasteiger partial charge on any atom is -0.494 e. The number of benzene rings is 2. The van der Waals surface area contributed by atoms with Crippen LogP contribution in [0.15, 0.2) is 60.9 Å². The number of hydrogen-bond donors (Lipinski definition) is 1. The maximum absolute atomic E-state index is 13.2. The van der Waals surface area contributed by atoms with Crippen LogP contribution in [0.2, 0.25) is 0 Å². The maximum atomic E-state index is 13.2. The average Bonchev–Trinajstić information content (AvgIpc) is 3.29. The second kappa shape index (κ2) is 12.9. The summed E-state index contributed by atoms with van der Waals surface area (Å²) in [5.74, 6) is 1.90. The summed E-state index contributed by atoms with van der Waals surface area (Å²) in [5, 5.41) is 11.5. The van der Waals surface area contributed by atoms with Gasteiger partial charge in [-0.15, -0.1) is 0 Å². The summed E-state index contributed by atoms with van der Waals surface area (Å²) in [6.45, 7) is 7.27. The van der Waals surface area contributed by atoms with Gasteiger partial charge in [-0.05, 0) is 48.4 Å². The number of imidazole rings is 1. The number of carbonyl (C=O) groups is 1. The lowest BCUT2D eigenvalue weighted by Crippen LogP contribution is -2.51. The van der Waals surface area contributed by atoms with Gasteiger partial charge in [0, 0.05) is 58.5 Å². The van der Waals surface area contributed by atoms with Crippen molar-refractivity contribution in [3.8, 4) is 11.5 Å². The van der Waals surface area contributed by atoms with E-state index in [9.17, 15) is 14.3 Å². The Kier molecular flexibility index (Phi) is 9.36. The van der Waals surface area contributed by atoms with Crippen LogP contribution in [0.5, 0.6) is 11.5 Å². The van der Waals surface area contributed by atoms with Crippen LogP contribution in [0.25, 0.3) is 0 Å². The highest BCUT2D eigenvalue weighted by atomic mass is 19.1. The number of aliphatic hydroxyl groups is 1. The molecule has 1 aliphatic heterocycles. The van der Waals surface area contributed by atoms with E-state index in [1.54, 1.807) is 4.90 Å². The molecule has 1 atom stereocenters. The van der Waals surface area contributed by atoms with E-state index in [1.807, 2.05) is 36.7 Å². The number of carbonyl (C=O) groups excluding carboxylic acids is 1. The van der Waals surface area contributed by atoms with Crippen molar-refractivity contribution < 1.29 is 23.8 Å². The highest BCUT2D eigenvalue weighted by molar-refractivity contribution is 5.73. The first-order valence-electron chi connectivity index (χ1n) is 13.1. The molecule has 0 saturated carbocycles. The number of nitrogens with zero attached hydrogens (tertiary/aromatic N) is 4. The summed E-state index contributed by atoms with van der Waals surface area (Å²) in [4.78, 5) is 20.3. The predicted molar refractivity (Wildman–Crippen MR) is 143 cm³/mol. The Morgan fingerprint density at radius 3 is 2.68 bits per heavy atom. The van der Waals surface area contributed by atoms with E-state index in [4.69, 9.17) is 9.47 Å². The first-order valence-corrected chi connectivity index (χ1v) is 13.1. The number of halogens is 1. The largest absolute Gasteiger partial charge is 0.494 e. The monoisotopic (exact) mass is 524 g/mol. The summed E-state index contributed by atoms with van der Waals surface area (Å²) in [7, 11) is 0. The van der Waals surface area contributed by atoms with Crippen molar-refractivity contribution >= 4 is 5.91 Å². The molecule has 38 heavy (non-hydrogen) atoms. The van der Waals surface area contributed by atoms with Crippen LogP contribution in [0.3, 0.4) is 0 Å². The summed E-state index contributed by atoms with van der Waals surface area (Å²) in [6.07, 6.45) is 5.61. The molecule has 1 unspecified atom stereocenters. The molecule has 0 aliphatic carbocycles. The number of β-amino-alcohol motifs (C(OH)–C–C–N with tert-alkyl or cyclic N) is 1. The SMILES string of the molecule is CCc1nccn1CCCOc1cccc(CN2CCN(C(C)=O)CC(O)(COc3ccc(F)cc3)C2)c1. The Morgan fingerprint density at radius 2 is 1.92 bits per heavy atom. The number of amides is 1. The third kappa shape index (κ3) is 7.79. The molecule has 1 fully saturated rings. The van der Waals surface area contributed by atoms with Crippen molar-refractivity contribution in [3.05, 3.63) is 78.1 Å². The third-order valence-electron chi connectivity index (χ3n) is 6.69. The highest BCUT2D eigenvalue weighted by Gasteiger charge is 2.37. The molecule has 1 N–H and O–H groups in total. The van der Waals surface area contributed by atoms with Gasteiger partial charge in [0.05, 0.1) is 13.2 Å². The van der Waals surface area contributed by atoms with Crippen LogP contribution in [-0.2, 0) is 24.3 Å². The molecule has 1 aliphatic rings.